The number of aryl methyl sites for hydroxylation is 1. The Morgan fingerprint density at radius 2 is 1.93 bits per heavy atom. The number of carbonyl (C=O) groups excluding carboxylic acids is 1. The molecule has 1 aromatic heterocycles. The maximum Gasteiger partial charge on any atom is 0.273 e. The van der Waals surface area contributed by atoms with Gasteiger partial charge >= 0.3 is 0 Å². The highest BCUT2D eigenvalue weighted by molar-refractivity contribution is 7.89. The minimum Gasteiger partial charge on any atom is -0.361 e. The summed E-state index contributed by atoms with van der Waals surface area (Å²) < 4.78 is 33.1. The van der Waals surface area contributed by atoms with Gasteiger partial charge in [0.25, 0.3) is 5.91 Å². The average Bonchev–Trinajstić information content (AvgIpc) is 3.26. The fraction of sp³-hybridized carbons (Fsp3) is 0.789. The predicted octanol–water partition coefficient (Wildman–Crippen LogP) is 1.29. The average molecular weight is 411 g/mol. The topological polar surface area (TPSA) is 105 Å². The molecule has 3 saturated heterocycles. The number of aromatic nitrogens is 1. The summed E-state index contributed by atoms with van der Waals surface area (Å²) >= 11 is 0. The standard InChI is InChI=1S/C19H30N4O4S/c1-2-17-11-18(22-27-17)19(24)21-14-9-15-3-4-16(10-14)23(15)28(25,26)12-13-5-7-20-8-6-13/h11,13-16,20H,2-10,12H2,1H3,(H,21,24)/t14?,15-,16+. The van der Waals surface area contributed by atoms with Crippen LogP contribution in [0.4, 0.5) is 0 Å². The van der Waals surface area contributed by atoms with Crippen molar-refractivity contribution in [3.63, 3.8) is 0 Å². The number of nitrogens with zero attached hydrogens (tertiary/aromatic N) is 2. The molecule has 0 radical (unpaired) electrons. The molecule has 4 rings (SSSR count). The van der Waals surface area contributed by atoms with Gasteiger partial charge in [-0.05, 0) is 57.5 Å². The van der Waals surface area contributed by atoms with Crippen molar-refractivity contribution in [3.05, 3.63) is 17.5 Å². The number of sulfonamides is 1. The largest absolute Gasteiger partial charge is 0.361 e. The quantitative estimate of drug-likeness (QED) is 0.732. The number of hydrogen-bond acceptors (Lipinski definition) is 6. The number of hydrogen-bond donors (Lipinski definition) is 2. The second kappa shape index (κ2) is 8.12. The van der Waals surface area contributed by atoms with Gasteiger partial charge in [0.1, 0.15) is 5.76 Å². The fourth-order valence-electron chi connectivity index (χ4n) is 4.98. The number of piperidine rings is 2. The minimum absolute atomic E-state index is 0.000669. The first-order valence-corrected chi connectivity index (χ1v) is 12.1. The van der Waals surface area contributed by atoms with Crippen LogP contribution in [-0.2, 0) is 16.4 Å². The third-order valence-corrected chi connectivity index (χ3v) is 8.50. The van der Waals surface area contributed by atoms with Gasteiger partial charge in [-0.25, -0.2) is 8.42 Å². The molecule has 0 aromatic carbocycles. The van der Waals surface area contributed by atoms with E-state index in [-0.39, 0.29) is 35.7 Å². The van der Waals surface area contributed by atoms with Crippen LogP contribution in [0.15, 0.2) is 10.6 Å². The molecule has 9 heteroatoms. The molecule has 1 amide bonds. The lowest BCUT2D eigenvalue weighted by Crippen LogP contribution is -2.53. The summed E-state index contributed by atoms with van der Waals surface area (Å²) in [4.78, 5) is 12.4. The molecule has 1 unspecified atom stereocenters. The van der Waals surface area contributed by atoms with Crippen molar-refractivity contribution in [2.24, 2.45) is 5.92 Å². The van der Waals surface area contributed by atoms with Crippen LogP contribution in [0.2, 0.25) is 0 Å². The number of nitrogens with one attached hydrogen (secondary N) is 2. The summed E-state index contributed by atoms with van der Waals surface area (Å²) in [6.45, 7) is 3.76. The summed E-state index contributed by atoms with van der Waals surface area (Å²) in [7, 11) is -3.26. The molecule has 156 valence electrons. The maximum absolute atomic E-state index is 13.1. The van der Waals surface area contributed by atoms with E-state index >= 15 is 0 Å². The summed E-state index contributed by atoms with van der Waals surface area (Å²) in [5.41, 5.74) is 0.296. The molecule has 3 atom stereocenters. The van der Waals surface area contributed by atoms with E-state index in [9.17, 15) is 13.2 Å². The Hall–Kier alpha value is -1.45. The Bertz CT molecular complexity index is 789. The molecular formula is C19H30N4O4S. The van der Waals surface area contributed by atoms with E-state index < -0.39 is 10.0 Å². The predicted molar refractivity (Wildman–Crippen MR) is 104 cm³/mol. The van der Waals surface area contributed by atoms with Gasteiger partial charge in [0.2, 0.25) is 10.0 Å². The van der Waals surface area contributed by atoms with Crippen LogP contribution in [0.5, 0.6) is 0 Å². The van der Waals surface area contributed by atoms with Gasteiger partial charge in [0, 0.05) is 30.6 Å². The van der Waals surface area contributed by atoms with Crippen molar-refractivity contribution in [3.8, 4) is 0 Å². The first kappa shape index (κ1) is 19.8. The van der Waals surface area contributed by atoms with Crippen LogP contribution >= 0.6 is 0 Å². The number of carbonyl (C=O) groups is 1. The summed E-state index contributed by atoms with van der Waals surface area (Å²) in [6, 6.07) is 1.65. The van der Waals surface area contributed by atoms with Gasteiger partial charge in [0.05, 0.1) is 5.75 Å². The first-order chi connectivity index (χ1) is 13.5. The smallest absolute Gasteiger partial charge is 0.273 e. The lowest BCUT2D eigenvalue weighted by atomic mass is 9.99. The van der Waals surface area contributed by atoms with Crippen LogP contribution in [0, 0.1) is 5.92 Å². The van der Waals surface area contributed by atoms with E-state index in [1.165, 1.54) is 0 Å². The minimum atomic E-state index is -3.26. The van der Waals surface area contributed by atoms with Crippen LogP contribution in [0.25, 0.3) is 0 Å². The second-order valence-electron chi connectivity index (χ2n) is 8.36. The third kappa shape index (κ3) is 4.11. The van der Waals surface area contributed by atoms with Gasteiger partial charge in [0.15, 0.2) is 5.69 Å². The molecule has 28 heavy (non-hydrogen) atoms. The lowest BCUT2D eigenvalue weighted by molar-refractivity contribution is 0.0900. The van der Waals surface area contributed by atoms with E-state index in [0.29, 0.717) is 30.7 Å². The van der Waals surface area contributed by atoms with Crippen molar-refractivity contribution >= 4 is 15.9 Å². The lowest BCUT2D eigenvalue weighted by Gasteiger charge is -2.39. The highest BCUT2D eigenvalue weighted by Gasteiger charge is 2.47. The maximum atomic E-state index is 13.1. The van der Waals surface area contributed by atoms with Gasteiger partial charge in [-0.1, -0.05) is 12.1 Å². The van der Waals surface area contributed by atoms with Crippen molar-refractivity contribution in [1.82, 2.24) is 20.1 Å². The zero-order valence-electron chi connectivity index (χ0n) is 16.4. The molecule has 0 aliphatic carbocycles. The van der Waals surface area contributed by atoms with E-state index in [1.54, 1.807) is 10.4 Å². The Kier molecular flexibility index (Phi) is 5.76. The van der Waals surface area contributed by atoms with Gasteiger partial charge in [-0.15, -0.1) is 0 Å². The van der Waals surface area contributed by atoms with Gasteiger partial charge in [-0.2, -0.15) is 4.31 Å². The van der Waals surface area contributed by atoms with Gasteiger partial charge in [-0.3, -0.25) is 4.79 Å². The number of amides is 1. The zero-order valence-corrected chi connectivity index (χ0v) is 17.2. The molecule has 0 spiro atoms. The van der Waals surface area contributed by atoms with Crippen LogP contribution in [0.3, 0.4) is 0 Å². The fourth-order valence-corrected chi connectivity index (χ4v) is 7.38. The van der Waals surface area contributed by atoms with Crippen molar-refractivity contribution in [2.45, 2.75) is 70.0 Å². The molecule has 3 fully saturated rings. The summed E-state index contributed by atoms with van der Waals surface area (Å²) in [6.07, 6.45) is 5.66. The van der Waals surface area contributed by atoms with Gasteiger partial charge < -0.3 is 15.2 Å². The van der Waals surface area contributed by atoms with E-state index in [4.69, 9.17) is 4.52 Å². The van der Waals surface area contributed by atoms with E-state index in [1.807, 2.05) is 6.92 Å². The molecule has 2 N–H and O–H groups in total. The Labute approximate surface area is 166 Å². The van der Waals surface area contributed by atoms with Crippen LogP contribution < -0.4 is 10.6 Å². The van der Waals surface area contributed by atoms with E-state index in [0.717, 1.165) is 38.8 Å². The Morgan fingerprint density at radius 1 is 1.25 bits per heavy atom. The number of fused-ring (bicyclic) bond motifs is 2. The zero-order chi connectivity index (χ0) is 19.7. The molecular weight excluding hydrogens is 380 g/mol. The normalized spacial score (nSPS) is 29.1. The molecule has 3 aliphatic rings. The number of rotatable bonds is 6. The monoisotopic (exact) mass is 410 g/mol. The molecule has 1 aromatic rings. The first-order valence-electron chi connectivity index (χ1n) is 10.4. The van der Waals surface area contributed by atoms with Crippen molar-refractivity contribution in [1.29, 1.82) is 0 Å². The SMILES string of the molecule is CCc1cc(C(=O)NC2C[C@H]3CC[C@@H](C2)N3S(=O)(=O)CC2CCNCC2)no1. The highest BCUT2D eigenvalue weighted by Crippen LogP contribution is 2.38. The second-order valence-corrected chi connectivity index (χ2v) is 10.3. The van der Waals surface area contributed by atoms with Crippen LogP contribution in [-0.4, -0.2) is 60.8 Å². The molecule has 2 bridgehead atoms. The summed E-state index contributed by atoms with van der Waals surface area (Å²) in [5, 5.41) is 10.2. The molecule has 3 aliphatic heterocycles. The third-order valence-electron chi connectivity index (χ3n) is 6.37. The Morgan fingerprint density at radius 3 is 2.54 bits per heavy atom. The van der Waals surface area contributed by atoms with Crippen molar-refractivity contribution < 1.29 is 17.7 Å². The molecule has 8 nitrogen and oxygen atoms in total. The molecule has 4 heterocycles. The van der Waals surface area contributed by atoms with Crippen LogP contribution in [0.1, 0.15) is 61.7 Å². The Balaban J connectivity index is 1.37. The van der Waals surface area contributed by atoms with Crippen molar-refractivity contribution in [2.75, 3.05) is 18.8 Å². The summed E-state index contributed by atoms with van der Waals surface area (Å²) in [5.74, 6) is 0.961. The highest BCUT2D eigenvalue weighted by atomic mass is 32.2. The molecule has 0 saturated carbocycles. The van der Waals surface area contributed by atoms with E-state index in [2.05, 4.69) is 15.8 Å².